The zero-order chi connectivity index (χ0) is 28.6. The molecule has 8 nitrogen and oxygen atoms in total. The Morgan fingerprint density at radius 1 is 1.00 bits per heavy atom. The minimum absolute atomic E-state index is 0.220. The third kappa shape index (κ3) is 5.78. The first-order valence-corrected chi connectivity index (χ1v) is 14.7. The summed E-state index contributed by atoms with van der Waals surface area (Å²) >= 11 is 0. The Kier molecular flexibility index (Phi) is 7.41. The molecule has 0 radical (unpaired) electrons. The molecule has 2 amide bonds. The summed E-state index contributed by atoms with van der Waals surface area (Å²) in [4.78, 5) is 46.1. The second kappa shape index (κ2) is 11.1. The van der Waals surface area contributed by atoms with Gasteiger partial charge in [0.05, 0.1) is 19.2 Å². The fraction of sp³-hybridized carbons (Fsp3) is 0.455. The molecule has 4 aliphatic rings. The quantitative estimate of drug-likeness (QED) is 0.294. The molecule has 4 bridgehead atoms. The van der Waals surface area contributed by atoms with Gasteiger partial charge in [-0.1, -0.05) is 30.3 Å². The Balaban J connectivity index is 1.16. The Hall–Kier alpha value is -3.94. The number of amides is 2. The lowest BCUT2D eigenvalue weighted by Crippen LogP contribution is -2.46. The van der Waals surface area contributed by atoms with Crippen LogP contribution in [0.4, 0.5) is 5.69 Å². The average molecular weight is 555 g/mol. The maximum absolute atomic E-state index is 13.4. The van der Waals surface area contributed by atoms with E-state index in [1.807, 2.05) is 31.2 Å². The highest BCUT2D eigenvalue weighted by atomic mass is 16.5. The highest BCUT2D eigenvalue weighted by Crippen LogP contribution is 2.61. The number of rotatable bonds is 9. The lowest BCUT2D eigenvalue weighted by molar-refractivity contribution is -0.115. The van der Waals surface area contributed by atoms with Crippen LogP contribution in [0.2, 0.25) is 0 Å². The molecular formula is C33H38N4O4. The van der Waals surface area contributed by atoms with E-state index in [0.717, 1.165) is 47.4 Å². The van der Waals surface area contributed by atoms with Gasteiger partial charge >= 0.3 is 5.97 Å². The largest absolute Gasteiger partial charge is 0.465 e. The monoisotopic (exact) mass is 554 g/mol. The molecule has 2 aromatic carbocycles. The van der Waals surface area contributed by atoms with Crippen LogP contribution < -0.4 is 10.6 Å². The number of aromatic amines is 1. The molecule has 0 unspecified atom stereocenters. The third-order valence-corrected chi connectivity index (χ3v) is 9.44. The van der Waals surface area contributed by atoms with Gasteiger partial charge in [-0.25, -0.2) is 9.78 Å². The van der Waals surface area contributed by atoms with Crippen molar-refractivity contribution in [2.45, 2.75) is 58.3 Å². The summed E-state index contributed by atoms with van der Waals surface area (Å²) in [5.41, 5.74) is 4.40. The van der Waals surface area contributed by atoms with Crippen LogP contribution in [0.15, 0.2) is 48.5 Å². The molecule has 214 valence electrons. The summed E-state index contributed by atoms with van der Waals surface area (Å²) in [5, 5.41) is 5.49. The van der Waals surface area contributed by atoms with Gasteiger partial charge in [0.2, 0.25) is 5.91 Å². The number of H-pyrrole nitrogens is 1. The van der Waals surface area contributed by atoms with Crippen molar-refractivity contribution in [2.24, 2.45) is 23.2 Å². The van der Waals surface area contributed by atoms with Crippen LogP contribution in [0.25, 0.3) is 11.4 Å². The molecule has 4 fully saturated rings. The molecule has 7 rings (SSSR count). The Morgan fingerprint density at radius 3 is 2.39 bits per heavy atom. The van der Waals surface area contributed by atoms with Crippen LogP contribution in [0.3, 0.4) is 0 Å². The van der Waals surface area contributed by atoms with Gasteiger partial charge in [0.1, 0.15) is 11.5 Å². The number of nitrogens with one attached hydrogen (secondary N) is 3. The summed E-state index contributed by atoms with van der Waals surface area (Å²) in [6.07, 6.45) is 9.99. The summed E-state index contributed by atoms with van der Waals surface area (Å²) < 4.78 is 4.75. The second-order valence-corrected chi connectivity index (χ2v) is 12.4. The summed E-state index contributed by atoms with van der Waals surface area (Å²) in [6, 6.07) is 14.5. The highest BCUT2D eigenvalue weighted by molar-refractivity contribution is 6.00. The molecule has 1 heterocycles. The van der Waals surface area contributed by atoms with Crippen LogP contribution in [-0.4, -0.2) is 41.4 Å². The Labute approximate surface area is 240 Å². The number of nitrogens with zero attached hydrogens (tertiary/aromatic N) is 1. The third-order valence-electron chi connectivity index (χ3n) is 9.44. The predicted octanol–water partition coefficient (Wildman–Crippen LogP) is 5.69. The minimum Gasteiger partial charge on any atom is -0.465 e. The van der Waals surface area contributed by atoms with Crippen LogP contribution in [0, 0.1) is 30.1 Å². The minimum atomic E-state index is -0.488. The number of ether oxygens (including phenoxy) is 1. The lowest BCUT2D eigenvalue weighted by Gasteiger charge is -2.57. The van der Waals surface area contributed by atoms with Gasteiger partial charge in [-0.2, -0.15) is 0 Å². The van der Waals surface area contributed by atoms with Gasteiger partial charge in [0, 0.05) is 16.9 Å². The molecule has 4 saturated carbocycles. The SMILES string of the molecule is COC(=O)c1cccc(NC(=O)CNC(=O)c2nc(-c3ccccc3C)[nH]c2CCC23CC4CC(CC(C4)C2)C3)c1. The average Bonchev–Trinajstić information content (AvgIpc) is 3.38. The molecule has 8 heteroatoms. The van der Waals surface area contributed by atoms with Crippen molar-refractivity contribution in [1.29, 1.82) is 0 Å². The zero-order valence-electron chi connectivity index (χ0n) is 23.8. The van der Waals surface area contributed by atoms with Gasteiger partial charge in [0.15, 0.2) is 0 Å². The number of benzene rings is 2. The summed E-state index contributed by atoms with van der Waals surface area (Å²) in [5.74, 6) is 2.04. The maximum atomic E-state index is 13.4. The number of hydrogen-bond acceptors (Lipinski definition) is 5. The maximum Gasteiger partial charge on any atom is 0.337 e. The molecule has 1 aromatic heterocycles. The standard InChI is InChI=1S/C33H38N4O4/c1-20-6-3-4-9-26(20)30-36-27(10-11-33-16-21-12-22(17-33)14-23(13-21)18-33)29(37-30)31(39)34-19-28(38)35-25-8-5-7-24(15-25)32(40)41-2/h3-9,15,21-23H,10-14,16-19H2,1-2H3,(H,34,39)(H,35,38)(H,36,37). The molecule has 3 N–H and O–H groups in total. The van der Waals surface area contributed by atoms with Gasteiger partial charge < -0.3 is 20.4 Å². The Morgan fingerprint density at radius 2 is 1.71 bits per heavy atom. The van der Waals surface area contributed by atoms with Crippen LogP contribution in [0.1, 0.15) is 77.0 Å². The van der Waals surface area contributed by atoms with E-state index in [4.69, 9.17) is 9.72 Å². The van der Waals surface area contributed by atoms with E-state index in [1.54, 1.807) is 18.2 Å². The number of hydrogen-bond donors (Lipinski definition) is 3. The molecule has 0 atom stereocenters. The molecule has 3 aromatic rings. The Bertz CT molecular complexity index is 1440. The first-order valence-electron chi connectivity index (χ1n) is 14.7. The molecule has 41 heavy (non-hydrogen) atoms. The predicted molar refractivity (Wildman–Crippen MR) is 156 cm³/mol. The zero-order valence-corrected chi connectivity index (χ0v) is 23.8. The lowest BCUT2D eigenvalue weighted by atomic mass is 9.48. The van der Waals surface area contributed by atoms with Crippen molar-refractivity contribution in [3.63, 3.8) is 0 Å². The fourth-order valence-corrected chi connectivity index (χ4v) is 8.02. The van der Waals surface area contributed by atoms with Crippen molar-refractivity contribution in [3.05, 3.63) is 71.0 Å². The normalized spacial score (nSPS) is 24.2. The van der Waals surface area contributed by atoms with Crippen molar-refractivity contribution in [2.75, 3.05) is 19.0 Å². The van der Waals surface area contributed by atoms with E-state index < -0.39 is 11.9 Å². The van der Waals surface area contributed by atoms with Crippen LogP contribution in [-0.2, 0) is 16.0 Å². The molecule has 4 aliphatic carbocycles. The van der Waals surface area contributed by atoms with Crippen LogP contribution in [0.5, 0.6) is 0 Å². The van der Waals surface area contributed by atoms with Crippen molar-refractivity contribution in [3.8, 4) is 11.4 Å². The molecular weight excluding hydrogens is 516 g/mol. The number of esters is 1. The van der Waals surface area contributed by atoms with Gasteiger partial charge in [0.25, 0.3) is 5.91 Å². The van der Waals surface area contributed by atoms with Gasteiger partial charge in [-0.05, 0) is 105 Å². The molecule has 0 saturated heterocycles. The molecule has 0 aliphatic heterocycles. The highest BCUT2D eigenvalue weighted by Gasteiger charge is 2.50. The van der Waals surface area contributed by atoms with Crippen LogP contribution >= 0.6 is 0 Å². The summed E-state index contributed by atoms with van der Waals surface area (Å²) in [6.45, 7) is 1.81. The van der Waals surface area contributed by atoms with Gasteiger partial charge in [-0.15, -0.1) is 0 Å². The number of carbonyl (C=O) groups excluding carboxylic acids is 3. The summed E-state index contributed by atoms with van der Waals surface area (Å²) in [7, 11) is 1.31. The van der Waals surface area contributed by atoms with E-state index in [9.17, 15) is 14.4 Å². The van der Waals surface area contributed by atoms with E-state index in [-0.39, 0.29) is 12.5 Å². The molecule has 0 spiro atoms. The second-order valence-electron chi connectivity index (χ2n) is 12.4. The number of anilines is 1. The number of carbonyl (C=O) groups is 3. The van der Waals surface area contributed by atoms with Crippen molar-refractivity contribution >= 4 is 23.5 Å². The number of aryl methyl sites for hydroxylation is 2. The fourth-order valence-electron chi connectivity index (χ4n) is 8.02. The van der Waals surface area contributed by atoms with E-state index in [2.05, 4.69) is 15.6 Å². The van der Waals surface area contributed by atoms with Crippen molar-refractivity contribution < 1.29 is 19.1 Å². The van der Waals surface area contributed by atoms with Gasteiger partial charge in [-0.3, -0.25) is 9.59 Å². The number of methoxy groups -OCH3 is 1. The van der Waals surface area contributed by atoms with Crippen molar-refractivity contribution in [1.82, 2.24) is 15.3 Å². The smallest absolute Gasteiger partial charge is 0.337 e. The van der Waals surface area contributed by atoms with E-state index >= 15 is 0 Å². The number of imidazole rings is 1. The first kappa shape index (κ1) is 27.2. The first-order chi connectivity index (χ1) is 19.8. The van der Waals surface area contributed by atoms with E-state index in [1.165, 1.54) is 51.7 Å². The number of aromatic nitrogens is 2. The van der Waals surface area contributed by atoms with E-state index in [0.29, 0.717) is 28.2 Å². The topological polar surface area (TPSA) is 113 Å².